The molecule has 0 saturated carbocycles. The summed E-state index contributed by atoms with van der Waals surface area (Å²) in [6, 6.07) is 12.5. The Kier molecular flexibility index (Phi) is 3.62. The minimum absolute atomic E-state index is 0.113. The second-order valence-electron chi connectivity index (χ2n) is 2.90. The molecule has 0 spiro atoms. The molecule has 16 heavy (non-hydrogen) atoms. The smallest absolute Gasteiger partial charge is 0.226 e. The number of allylic oxidation sites excluding steroid dienone is 3. The summed E-state index contributed by atoms with van der Waals surface area (Å²) in [4.78, 5) is 3.11. The number of nitriles is 2. The number of hydrogen-bond donors (Lipinski definition) is 0. The zero-order chi connectivity index (χ0) is 12.0. The molecule has 0 saturated heterocycles. The third kappa shape index (κ3) is 2.15. The van der Waals surface area contributed by atoms with Gasteiger partial charge in [-0.3, -0.25) is 0 Å². The Balaban J connectivity index is 3.49. The molecule has 0 radical (unpaired) electrons. The first kappa shape index (κ1) is 11.2. The molecule has 0 aliphatic heterocycles. The first-order valence-corrected chi connectivity index (χ1v) is 4.41. The second kappa shape index (κ2) is 5.15. The van der Waals surface area contributed by atoms with Gasteiger partial charge in [-0.1, -0.05) is 36.9 Å². The fraction of sp³-hybridized carbons (Fsp3) is 0. The number of benzene rings is 1. The van der Waals surface area contributed by atoms with Gasteiger partial charge in [-0.2, -0.15) is 5.26 Å². The zero-order valence-electron chi connectivity index (χ0n) is 8.44. The molecule has 0 aliphatic rings. The Morgan fingerprint density at radius 3 is 2.25 bits per heavy atom. The second-order valence-corrected chi connectivity index (χ2v) is 2.90. The summed E-state index contributed by atoms with van der Waals surface area (Å²) in [5.41, 5.74) is 0.971. The van der Waals surface area contributed by atoms with Crippen molar-refractivity contribution in [1.29, 1.82) is 10.5 Å². The van der Waals surface area contributed by atoms with Crippen LogP contribution in [0, 0.1) is 29.2 Å². The Labute approximate surface area is 94.0 Å². The lowest BCUT2D eigenvalue weighted by Crippen LogP contribution is -1.90. The topological polar surface area (TPSA) is 51.9 Å². The van der Waals surface area contributed by atoms with Crippen LogP contribution in [-0.2, 0) is 0 Å². The van der Waals surface area contributed by atoms with E-state index in [2.05, 4.69) is 11.4 Å². The van der Waals surface area contributed by atoms with E-state index in [9.17, 15) is 0 Å². The average Bonchev–Trinajstić information content (AvgIpc) is 2.36. The van der Waals surface area contributed by atoms with E-state index in [0.29, 0.717) is 11.1 Å². The van der Waals surface area contributed by atoms with E-state index in [1.165, 1.54) is 0 Å². The fourth-order valence-corrected chi connectivity index (χ4v) is 1.25. The van der Waals surface area contributed by atoms with E-state index >= 15 is 0 Å². The van der Waals surface area contributed by atoms with Gasteiger partial charge in [-0.05, 0) is 5.56 Å². The summed E-state index contributed by atoms with van der Waals surface area (Å²) < 4.78 is 0. The maximum absolute atomic E-state index is 8.83. The molecule has 1 rings (SSSR count). The van der Waals surface area contributed by atoms with Crippen molar-refractivity contribution in [2.75, 3.05) is 0 Å². The lowest BCUT2D eigenvalue weighted by molar-refractivity contribution is 1.46. The van der Waals surface area contributed by atoms with E-state index in [1.54, 1.807) is 30.3 Å². The molecule has 74 valence electrons. The highest BCUT2D eigenvalue weighted by Crippen LogP contribution is 2.25. The SMILES string of the molecule is [C-]#[N+]/C(C#N)=C(/C(=C)C#N)c1ccccc1. The predicted molar refractivity (Wildman–Crippen MR) is 60.3 cm³/mol. The maximum atomic E-state index is 8.83. The molecule has 3 nitrogen and oxygen atoms in total. The molecular weight excluding hydrogens is 198 g/mol. The van der Waals surface area contributed by atoms with Gasteiger partial charge in [0.2, 0.25) is 0 Å². The molecule has 0 bridgehead atoms. The molecule has 0 heterocycles. The van der Waals surface area contributed by atoms with Gasteiger partial charge in [0.05, 0.1) is 18.7 Å². The molecule has 0 unspecified atom stereocenters. The molecule has 1 aromatic rings. The Bertz CT molecular complexity index is 544. The highest BCUT2D eigenvalue weighted by atomic mass is 14.7. The summed E-state index contributed by atoms with van der Waals surface area (Å²) in [5.74, 6) is 0. The van der Waals surface area contributed by atoms with Gasteiger partial charge in [0.25, 0.3) is 5.70 Å². The minimum atomic E-state index is -0.113. The number of rotatable bonds is 2. The molecule has 0 N–H and O–H groups in total. The molecule has 0 fully saturated rings. The first-order valence-electron chi connectivity index (χ1n) is 4.41. The summed E-state index contributed by atoms with van der Waals surface area (Å²) in [7, 11) is 0. The Morgan fingerprint density at radius 1 is 1.19 bits per heavy atom. The molecule has 0 atom stereocenters. The number of nitrogens with zero attached hydrogens (tertiary/aromatic N) is 3. The van der Waals surface area contributed by atoms with Gasteiger partial charge in [-0.15, -0.1) is 0 Å². The van der Waals surface area contributed by atoms with Crippen molar-refractivity contribution in [3.63, 3.8) is 0 Å². The maximum Gasteiger partial charge on any atom is 0.270 e. The van der Waals surface area contributed by atoms with Crippen LogP contribution in [0.15, 0.2) is 48.2 Å². The van der Waals surface area contributed by atoms with Crippen LogP contribution in [0.25, 0.3) is 10.4 Å². The van der Waals surface area contributed by atoms with Crippen molar-refractivity contribution >= 4 is 5.57 Å². The molecule has 3 heteroatoms. The third-order valence-electron chi connectivity index (χ3n) is 1.95. The summed E-state index contributed by atoms with van der Waals surface area (Å²) >= 11 is 0. The first-order chi connectivity index (χ1) is 7.74. The van der Waals surface area contributed by atoms with Crippen molar-refractivity contribution in [2.24, 2.45) is 0 Å². The van der Waals surface area contributed by atoms with Crippen LogP contribution < -0.4 is 0 Å². The minimum Gasteiger partial charge on any atom is -0.226 e. The van der Waals surface area contributed by atoms with E-state index in [-0.39, 0.29) is 11.3 Å². The van der Waals surface area contributed by atoms with Gasteiger partial charge in [-0.25, -0.2) is 10.1 Å². The third-order valence-corrected chi connectivity index (χ3v) is 1.95. The molecular formula is C13H7N3. The van der Waals surface area contributed by atoms with Gasteiger partial charge in [0.1, 0.15) is 0 Å². The molecule has 1 aromatic carbocycles. The van der Waals surface area contributed by atoms with Crippen molar-refractivity contribution in [1.82, 2.24) is 0 Å². The lowest BCUT2D eigenvalue weighted by atomic mass is 9.98. The largest absolute Gasteiger partial charge is 0.270 e. The normalized spacial score (nSPS) is 10.3. The van der Waals surface area contributed by atoms with Crippen molar-refractivity contribution in [3.8, 4) is 12.1 Å². The Hall–Kier alpha value is -2.83. The molecule has 0 amide bonds. The standard InChI is InChI=1S/C13H7N3/c1-10(8-14)13(12(9-15)16-2)11-6-4-3-5-7-11/h3-7H,1H2/b13-12-. The van der Waals surface area contributed by atoms with Gasteiger partial charge < -0.3 is 0 Å². The van der Waals surface area contributed by atoms with Crippen LogP contribution >= 0.6 is 0 Å². The molecule has 0 aliphatic carbocycles. The van der Waals surface area contributed by atoms with Gasteiger partial charge >= 0.3 is 0 Å². The highest BCUT2D eigenvalue weighted by Gasteiger charge is 2.12. The van der Waals surface area contributed by atoms with Crippen LogP contribution in [0.4, 0.5) is 0 Å². The van der Waals surface area contributed by atoms with E-state index in [1.807, 2.05) is 12.1 Å². The quantitative estimate of drug-likeness (QED) is 0.423. The van der Waals surface area contributed by atoms with Crippen LogP contribution in [0.1, 0.15) is 5.56 Å². The molecule has 0 aromatic heterocycles. The number of hydrogen-bond acceptors (Lipinski definition) is 2. The van der Waals surface area contributed by atoms with E-state index in [4.69, 9.17) is 17.1 Å². The zero-order valence-corrected chi connectivity index (χ0v) is 8.44. The van der Waals surface area contributed by atoms with Gasteiger partial charge in [0.15, 0.2) is 0 Å². The van der Waals surface area contributed by atoms with E-state index in [0.717, 1.165) is 0 Å². The van der Waals surface area contributed by atoms with Crippen molar-refractivity contribution in [3.05, 3.63) is 65.2 Å². The average molecular weight is 205 g/mol. The highest BCUT2D eigenvalue weighted by molar-refractivity contribution is 5.87. The monoisotopic (exact) mass is 205 g/mol. The van der Waals surface area contributed by atoms with E-state index < -0.39 is 0 Å². The summed E-state index contributed by atoms with van der Waals surface area (Å²) in [6.45, 7) is 10.5. The van der Waals surface area contributed by atoms with Crippen LogP contribution in [0.3, 0.4) is 0 Å². The fourth-order valence-electron chi connectivity index (χ4n) is 1.25. The summed E-state index contributed by atoms with van der Waals surface area (Å²) in [6.07, 6.45) is 0. The van der Waals surface area contributed by atoms with Crippen molar-refractivity contribution < 1.29 is 0 Å². The van der Waals surface area contributed by atoms with Crippen molar-refractivity contribution in [2.45, 2.75) is 0 Å². The van der Waals surface area contributed by atoms with Crippen LogP contribution in [0.2, 0.25) is 0 Å². The lowest BCUT2D eigenvalue weighted by Gasteiger charge is -2.04. The van der Waals surface area contributed by atoms with Crippen LogP contribution in [0.5, 0.6) is 0 Å². The Morgan fingerprint density at radius 2 is 1.81 bits per heavy atom. The van der Waals surface area contributed by atoms with Crippen LogP contribution in [-0.4, -0.2) is 0 Å². The predicted octanol–water partition coefficient (Wildman–Crippen LogP) is 2.92. The summed E-state index contributed by atoms with van der Waals surface area (Å²) in [5, 5.41) is 17.6. The van der Waals surface area contributed by atoms with Gasteiger partial charge in [0, 0.05) is 11.1 Å².